The molecule has 1 aromatic rings. The number of carbonyl (C=O) groups excluding carboxylic acids is 1. The third-order valence-electron chi connectivity index (χ3n) is 6.80. The van der Waals surface area contributed by atoms with Gasteiger partial charge in [0.1, 0.15) is 5.82 Å². The Morgan fingerprint density at radius 3 is 2.39 bits per heavy atom. The van der Waals surface area contributed by atoms with Crippen LogP contribution < -0.4 is 10.2 Å². The highest BCUT2D eigenvalue weighted by atomic mass is 16.2. The molecule has 0 unspecified atom stereocenters. The number of amides is 2. The van der Waals surface area contributed by atoms with Crippen molar-refractivity contribution in [2.24, 2.45) is 5.92 Å². The molecular formula is C22H35N5O. The predicted molar refractivity (Wildman–Crippen MR) is 112 cm³/mol. The number of nitrogens with one attached hydrogen (secondary N) is 1. The molecule has 4 rings (SSSR count). The summed E-state index contributed by atoms with van der Waals surface area (Å²) < 4.78 is 0. The third-order valence-corrected chi connectivity index (χ3v) is 6.80. The van der Waals surface area contributed by atoms with Crippen LogP contribution in [0.25, 0.3) is 0 Å². The van der Waals surface area contributed by atoms with Gasteiger partial charge in [0.15, 0.2) is 0 Å². The van der Waals surface area contributed by atoms with Crippen LogP contribution in [0.3, 0.4) is 0 Å². The van der Waals surface area contributed by atoms with E-state index in [9.17, 15) is 4.79 Å². The van der Waals surface area contributed by atoms with Crippen LogP contribution in [0.2, 0.25) is 0 Å². The lowest BCUT2D eigenvalue weighted by Gasteiger charge is -2.38. The van der Waals surface area contributed by atoms with E-state index < -0.39 is 0 Å². The average Bonchev–Trinajstić information content (AvgIpc) is 3.28. The Bertz CT molecular complexity index is 627. The Morgan fingerprint density at radius 1 is 1.04 bits per heavy atom. The molecule has 2 aliphatic heterocycles. The summed E-state index contributed by atoms with van der Waals surface area (Å²) in [5, 5.41) is 3.07. The molecule has 0 atom stereocenters. The van der Waals surface area contributed by atoms with Gasteiger partial charge in [0.05, 0.1) is 0 Å². The molecule has 1 N–H and O–H groups in total. The molecule has 28 heavy (non-hydrogen) atoms. The van der Waals surface area contributed by atoms with Crippen LogP contribution in [0, 0.1) is 5.92 Å². The zero-order valence-electron chi connectivity index (χ0n) is 17.3. The van der Waals surface area contributed by atoms with Crippen molar-refractivity contribution in [1.29, 1.82) is 0 Å². The van der Waals surface area contributed by atoms with Crippen molar-refractivity contribution in [3.05, 3.63) is 23.9 Å². The van der Waals surface area contributed by atoms with Crippen molar-refractivity contribution < 1.29 is 4.79 Å². The van der Waals surface area contributed by atoms with Crippen LogP contribution >= 0.6 is 0 Å². The van der Waals surface area contributed by atoms with E-state index in [1.807, 2.05) is 11.1 Å². The van der Waals surface area contributed by atoms with Gasteiger partial charge >= 0.3 is 6.03 Å². The van der Waals surface area contributed by atoms with Crippen LogP contribution in [0.1, 0.15) is 51.0 Å². The Kier molecular flexibility index (Phi) is 6.35. The van der Waals surface area contributed by atoms with Crippen LogP contribution in [-0.4, -0.2) is 66.1 Å². The number of urea groups is 1. The van der Waals surface area contributed by atoms with Crippen LogP contribution in [-0.2, 0) is 6.54 Å². The fourth-order valence-electron chi connectivity index (χ4n) is 4.80. The number of pyridine rings is 1. The van der Waals surface area contributed by atoms with Crippen molar-refractivity contribution in [3.8, 4) is 0 Å². The molecule has 1 aliphatic carbocycles. The quantitative estimate of drug-likeness (QED) is 0.865. The van der Waals surface area contributed by atoms with Gasteiger partial charge in [-0.3, -0.25) is 4.90 Å². The summed E-state index contributed by atoms with van der Waals surface area (Å²) >= 11 is 0. The smallest absolute Gasteiger partial charge is 0.317 e. The summed E-state index contributed by atoms with van der Waals surface area (Å²) in [4.78, 5) is 24.1. The first-order valence-electron chi connectivity index (χ1n) is 11.2. The highest BCUT2D eigenvalue weighted by Crippen LogP contribution is 2.24. The van der Waals surface area contributed by atoms with Gasteiger partial charge in [0.2, 0.25) is 0 Å². The van der Waals surface area contributed by atoms with E-state index in [-0.39, 0.29) is 6.03 Å². The first-order valence-corrected chi connectivity index (χ1v) is 11.2. The van der Waals surface area contributed by atoms with Gasteiger partial charge in [0.25, 0.3) is 0 Å². The van der Waals surface area contributed by atoms with E-state index in [2.05, 4.69) is 39.2 Å². The van der Waals surface area contributed by atoms with E-state index >= 15 is 0 Å². The first kappa shape index (κ1) is 19.5. The second-order valence-corrected chi connectivity index (χ2v) is 8.81. The fourth-order valence-corrected chi connectivity index (χ4v) is 4.80. The van der Waals surface area contributed by atoms with Crippen molar-refractivity contribution in [2.75, 3.05) is 44.2 Å². The minimum absolute atomic E-state index is 0.0557. The summed E-state index contributed by atoms with van der Waals surface area (Å²) in [6.07, 6.45) is 9.81. The minimum Gasteiger partial charge on any atom is -0.357 e. The van der Waals surface area contributed by atoms with Gasteiger partial charge in [-0.05, 0) is 43.2 Å². The molecule has 6 nitrogen and oxygen atoms in total. The summed E-state index contributed by atoms with van der Waals surface area (Å²) in [6.45, 7) is 8.77. The second-order valence-electron chi connectivity index (χ2n) is 8.81. The number of aromatic nitrogens is 1. The standard InChI is InChI=1S/C22H35N5O/c1-18-8-10-26(11-9-18)21-7-6-19(16-23-21)17-24-22(28)27-14-12-25(13-15-27)20-4-2-3-5-20/h6-7,16,18,20H,2-5,8-15,17H2,1H3,(H,24,28). The molecule has 0 radical (unpaired) electrons. The lowest BCUT2D eigenvalue weighted by molar-refractivity contribution is 0.109. The largest absolute Gasteiger partial charge is 0.357 e. The number of rotatable bonds is 4. The van der Waals surface area contributed by atoms with Crippen LogP contribution in [0.15, 0.2) is 18.3 Å². The molecule has 0 spiro atoms. The van der Waals surface area contributed by atoms with Crippen LogP contribution in [0.4, 0.5) is 10.6 Å². The normalized spacial score (nSPS) is 22.6. The average molecular weight is 386 g/mol. The van der Waals surface area contributed by atoms with Gasteiger partial charge in [-0.2, -0.15) is 0 Å². The molecule has 0 bridgehead atoms. The van der Waals surface area contributed by atoms with E-state index in [0.29, 0.717) is 6.54 Å². The number of hydrogen-bond acceptors (Lipinski definition) is 4. The Balaban J connectivity index is 1.20. The van der Waals surface area contributed by atoms with Crippen LogP contribution in [0.5, 0.6) is 0 Å². The highest BCUT2D eigenvalue weighted by Gasteiger charge is 2.27. The number of nitrogens with zero attached hydrogens (tertiary/aromatic N) is 4. The maximum atomic E-state index is 12.5. The molecule has 1 aromatic heterocycles. The molecule has 3 fully saturated rings. The van der Waals surface area contributed by atoms with Crippen molar-refractivity contribution >= 4 is 11.8 Å². The Morgan fingerprint density at radius 2 is 1.75 bits per heavy atom. The van der Waals surface area contributed by atoms with Gasteiger partial charge < -0.3 is 15.1 Å². The molecule has 3 aliphatic rings. The SMILES string of the molecule is CC1CCN(c2ccc(CNC(=O)N3CCN(C4CCCC4)CC3)cn2)CC1. The van der Waals surface area contributed by atoms with Crippen molar-refractivity contribution in [1.82, 2.24) is 20.1 Å². The molecule has 154 valence electrons. The topological polar surface area (TPSA) is 51.7 Å². The Labute approximate surface area is 169 Å². The number of piperidine rings is 1. The number of carbonyl (C=O) groups is 1. The molecule has 1 saturated carbocycles. The highest BCUT2D eigenvalue weighted by molar-refractivity contribution is 5.74. The lowest BCUT2D eigenvalue weighted by atomic mass is 9.99. The van der Waals surface area contributed by atoms with E-state index in [4.69, 9.17) is 0 Å². The minimum atomic E-state index is 0.0557. The molecule has 2 saturated heterocycles. The zero-order valence-corrected chi connectivity index (χ0v) is 17.3. The predicted octanol–water partition coefficient (Wildman–Crippen LogP) is 3.09. The summed E-state index contributed by atoms with van der Waals surface area (Å²) in [5.74, 6) is 1.88. The summed E-state index contributed by atoms with van der Waals surface area (Å²) in [7, 11) is 0. The monoisotopic (exact) mass is 385 g/mol. The maximum absolute atomic E-state index is 12.5. The second kappa shape index (κ2) is 9.12. The van der Waals surface area contributed by atoms with E-state index in [0.717, 1.165) is 62.6 Å². The molecule has 6 heteroatoms. The maximum Gasteiger partial charge on any atom is 0.317 e. The molecule has 3 heterocycles. The van der Waals surface area contributed by atoms with E-state index in [1.165, 1.54) is 38.5 Å². The fraction of sp³-hybridized carbons (Fsp3) is 0.727. The van der Waals surface area contributed by atoms with Crippen molar-refractivity contribution in [2.45, 2.75) is 58.0 Å². The van der Waals surface area contributed by atoms with Crippen molar-refractivity contribution in [3.63, 3.8) is 0 Å². The third kappa shape index (κ3) is 4.77. The number of anilines is 1. The zero-order chi connectivity index (χ0) is 19.3. The van der Waals surface area contributed by atoms with Gasteiger partial charge in [-0.1, -0.05) is 25.8 Å². The molecular weight excluding hydrogens is 350 g/mol. The van der Waals surface area contributed by atoms with Gasteiger partial charge in [-0.15, -0.1) is 0 Å². The van der Waals surface area contributed by atoms with E-state index in [1.54, 1.807) is 0 Å². The number of piperazine rings is 1. The number of hydrogen-bond donors (Lipinski definition) is 1. The first-order chi connectivity index (χ1) is 13.7. The summed E-state index contributed by atoms with van der Waals surface area (Å²) in [6, 6.07) is 5.01. The van der Waals surface area contributed by atoms with Gasteiger partial charge in [-0.25, -0.2) is 9.78 Å². The lowest BCUT2D eigenvalue weighted by Crippen LogP contribution is -2.53. The molecule has 2 amide bonds. The Hall–Kier alpha value is -1.82. The summed E-state index contributed by atoms with van der Waals surface area (Å²) in [5.41, 5.74) is 1.06. The van der Waals surface area contributed by atoms with Gasteiger partial charge in [0, 0.05) is 58.1 Å². The molecule has 0 aromatic carbocycles.